The highest BCUT2D eigenvalue weighted by Crippen LogP contribution is 2.31. The van der Waals surface area contributed by atoms with Gasteiger partial charge in [-0.15, -0.1) is 11.3 Å². The van der Waals surface area contributed by atoms with Crippen LogP contribution in [-0.2, 0) is 0 Å². The summed E-state index contributed by atoms with van der Waals surface area (Å²) in [5.41, 5.74) is 0. The normalized spacial score (nSPS) is 22.7. The Morgan fingerprint density at radius 2 is 1.96 bits per heavy atom. The number of likely N-dealkylation sites (tertiary alicyclic amines) is 1. The van der Waals surface area contributed by atoms with E-state index in [0.717, 1.165) is 5.11 Å². The lowest BCUT2D eigenvalue weighted by atomic mass is 9.96. The first kappa shape index (κ1) is 17.2. The van der Waals surface area contributed by atoms with E-state index in [1.807, 2.05) is 11.3 Å². The maximum absolute atomic E-state index is 5.60. The third-order valence-electron chi connectivity index (χ3n) is 5.14. The molecule has 0 aromatic carbocycles. The van der Waals surface area contributed by atoms with E-state index < -0.39 is 0 Å². The molecule has 0 amide bonds. The number of hydrogen-bond acceptors (Lipinski definition) is 3. The molecule has 1 aliphatic carbocycles. The second-order valence-electron chi connectivity index (χ2n) is 6.94. The SMILES string of the molecule is C[C@@H](NC(=S)NC1CCCCC1)[C@@H](c1cccs1)N1CCCC1. The van der Waals surface area contributed by atoms with E-state index in [4.69, 9.17) is 12.2 Å². The highest BCUT2D eigenvalue weighted by Gasteiger charge is 2.29. The van der Waals surface area contributed by atoms with Gasteiger partial charge in [0.25, 0.3) is 0 Å². The summed E-state index contributed by atoms with van der Waals surface area (Å²) in [6.07, 6.45) is 9.21. The van der Waals surface area contributed by atoms with Gasteiger partial charge in [0.2, 0.25) is 0 Å². The summed E-state index contributed by atoms with van der Waals surface area (Å²) >= 11 is 7.46. The monoisotopic (exact) mass is 351 g/mol. The van der Waals surface area contributed by atoms with Gasteiger partial charge in [-0.05, 0) is 69.4 Å². The lowest BCUT2D eigenvalue weighted by Crippen LogP contribution is -2.49. The molecule has 128 valence electrons. The molecule has 0 radical (unpaired) electrons. The maximum atomic E-state index is 5.60. The van der Waals surface area contributed by atoms with Gasteiger partial charge in [-0.25, -0.2) is 0 Å². The van der Waals surface area contributed by atoms with E-state index in [2.05, 4.69) is 40.0 Å². The summed E-state index contributed by atoms with van der Waals surface area (Å²) < 4.78 is 0. The molecule has 2 aliphatic rings. The number of thiophene rings is 1. The zero-order chi connectivity index (χ0) is 16.1. The molecule has 2 N–H and O–H groups in total. The molecule has 2 atom stereocenters. The van der Waals surface area contributed by atoms with Crippen LogP contribution in [0.5, 0.6) is 0 Å². The van der Waals surface area contributed by atoms with Gasteiger partial charge in [-0.3, -0.25) is 4.90 Å². The molecule has 3 nitrogen and oxygen atoms in total. The minimum absolute atomic E-state index is 0.329. The molecule has 23 heavy (non-hydrogen) atoms. The summed E-state index contributed by atoms with van der Waals surface area (Å²) in [4.78, 5) is 4.07. The van der Waals surface area contributed by atoms with Gasteiger partial charge in [0.05, 0.1) is 6.04 Å². The van der Waals surface area contributed by atoms with Gasteiger partial charge >= 0.3 is 0 Å². The second kappa shape index (κ2) is 8.45. The van der Waals surface area contributed by atoms with Gasteiger partial charge in [0.15, 0.2) is 5.11 Å². The molecule has 1 aromatic heterocycles. The fourth-order valence-electron chi connectivity index (χ4n) is 3.98. The number of hydrogen-bond donors (Lipinski definition) is 2. The number of thiocarbonyl (C=S) groups is 1. The Balaban J connectivity index is 1.59. The van der Waals surface area contributed by atoms with Crippen molar-refractivity contribution in [1.82, 2.24) is 15.5 Å². The third-order valence-corrected chi connectivity index (χ3v) is 6.32. The van der Waals surface area contributed by atoms with E-state index >= 15 is 0 Å². The highest BCUT2D eigenvalue weighted by molar-refractivity contribution is 7.80. The standard InChI is InChI=1S/C18H29N3S2/c1-14(19-18(22)20-15-8-3-2-4-9-15)17(16-10-7-13-23-16)21-11-5-6-12-21/h7,10,13-15,17H,2-6,8-9,11-12H2,1H3,(H2,19,20,22)/t14-,17+/m1/s1. The zero-order valence-corrected chi connectivity index (χ0v) is 15.7. The lowest BCUT2D eigenvalue weighted by Gasteiger charge is -2.34. The van der Waals surface area contributed by atoms with Crippen LogP contribution in [0.3, 0.4) is 0 Å². The predicted molar refractivity (Wildman–Crippen MR) is 103 cm³/mol. The zero-order valence-electron chi connectivity index (χ0n) is 14.1. The van der Waals surface area contributed by atoms with Gasteiger partial charge in [-0.2, -0.15) is 0 Å². The molecule has 5 heteroatoms. The Labute approximate surface area is 149 Å². The van der Waals surface area contributed by atoms with Gasteiger partial charge in [0.1, 0.15) is 0 Å². The van der Waals surface area contributed by atoms with Crippen molar-refractivity contribution in [2.75, 3.05) is 13.1 Å². The summed E-state index contributed by atoms with van der Waals surface area (Å²) in [7, 11) is 0. The molecular weight excluding hydrogens is 322 g/mol. The smallest absolute Gasteiger partial charge is 0.166 e. The van der Waals surface area contributed by atoms with Crippen molar-refractivity contribution in [3.63, 3.8) is 0 Å². The van der Waals surface area contributed by atoms with Crippen LogP contribution in [0.2, 0.25) is 0 Å². The summed E-state index contributed by atoms with van der Waals surface area (Å²) in [5.74, 6) is 0. The molecule has 2 heterocycles. The van der Waals surface area contributed by atoms with Crippen molar-refractivity contribution in [3.8, 4) is 0 Å². The average Bonchev–Trinajstić information content (AvgIpc) is 3.22. The van der Waals surface area contributed by atoms with Crippen molar-refractivity contribution in [3.05, 3.63) is 22.4 Å². The summed E-state index contributed by atoms with van der Waals surface area (Å²) in [6, 6.07) is 5.76. The van der Waals surface area contributed by atoms with Crippen molar-refractivity contribution < 1.29 is 0 Å². The van der Waals surface area contributed by atoms with Crippen molar-refractivity contribution >= 4 is 28.7 Å². The van der Waals surface area contributed by atoms with Crippen LogP contribution in [0.25, 0.3) is 0 Å². The van der Waals surface area contributed by atoms with E-state index in [-0.39, 0.29) is 0 Å². The van der Waals surface area contributed by atoms with E-state index in [9.17, 15) is 0 Å². The van der Waals surface area contributed by atoms with E-state index in [1.165, 1.54) is 62.9 Å². The van der Waals surface area contributed by atoms with Crippen LogP contribution in [0, 0.1) is 0 Å². The molecule has 0 spiro atoms. The molecule has 0 bridgehead atoms. The maximum Gasteiger partial charge on any atom is 0.166 e. The molecular formula is C18H29N3S2. The van der Waals surface area contributed by atoms with Crippen LogP contribution < -0.4 is 10.6 Å². The van der Waals surface area contributed by atoms with Gasteiger partial charge in [-0.1, -0.05) is 25.3 Å². The highest BCUT2D eigenvalue weighted by atomic mass is 32.1. The molecule has 0 unspecified atom stereocenters. The van der Waals surface area contributed by atoms with E-state index in [0.29, 0.717) is 18.1 Å². The summed E-state index contributed by atoms with van der Waals surface area (Å²) in [6.45, 7) is 4.69. The van der Waals surface area contributed by atoms with Gasteiger partial charge < -0.3 is 10.6 Å². The minimum atomic E-state index is 0.329. The lowest BCUT2D eigenvalue weighted by molar-refractivity contribution is 0.213. The van der Waals surface area contributed by atoms with E-state index in [1.54, 1.807) is 0 Å². The Hall–Kier alpha value is -0.650. The Kier molecular flexibility index (Phi) is 6.31. The Bertz CT molecular complexity index is 476. The van der Waals surface area contributed by atoms with Crippen LogP contribution in [0.15, 0.2) is 17.5 Å². The molecule has 3 rings (SSSR count). The number of nitrogens with zero attached hydrogens (tertiary/aromatic N) is 1. The molecule has 2 fully saturated rings. The Morgan fingerprint density at radius 1 is 1.22 bits per heavy atom. The minimum Gasteiger partial charge on any atom is -0.360 e. The molecule has 1 aliphatic heterocycles. The number of rotatable bonds is 5. The first-order chi connectivity index (χ1) is 11.2. The largest absolute Gasteiger partial charge is 0.360 e. The molecule has 1 saturated heterocycles. The van der Waals surface area contributed by atoms with Crippen LogP contribution in [0.1, 0.15) is 62.8 Å². The van der Waals surface area contributed by atoms with Gasteiger partial charge in [0, 0.05) is 17.0 Å². The third kappa shape index (κ3) is 4.68. The van der Waals surface area contributed by atoms with Crippen LogP contribution >= 0.6 is 23.6 Å². The van der Waals surface area contributed by atoms with Crippen molar-refractivity contribution in [1.29, 1.82) is 0 Å². The number of nitrogens with one attached hydrogen (secondary N) is 2. The first-order valence-electron chi connectivity index (χ1n) is 9.08. The van der Waals surface area contributed by atoms with Crippen LogP contribution in [0.4, 0.5) is 0 Å². The fourth-order valence-corrected chi connectivity index (χ4v) is 5.30. The Morgan fingerprint density at radius 3 is 2.61 bits per heavy atom. The summed E-state index contributed by atoms with van der Waals surface area (Å²) in [5, 5.41) is 10.1. The predicted octanol–water partition coefficient (Wildman–Crippen LogP) is 4.07. The average molecular weight is 352 g/mol. The van der Waals surface area contributed by atoms with Crippen molar-refractivity contribution in [2.24, 2.45) is 0 Å². The molecule has 1 aromatic rings. The topological polar surface area (TPSA) is 27.3 Å². The van der Waals surface area contributed by atoms with Crippen LogP contribution in [-0.4, -0.2) is 35.2 Å². The van der Waals surface area contributed by atoms with Crippen molar-refractivity contribution in [2.45, 2.75) is 70.0 Å². The second-order valence-corrected chi connectivity index (χ2v) is 8.33. The molecule has 1 saturated carbocycles. The quantitative estimate of drug-likeness (QED) is 0.782. The first-order valence-corrected chi connectivity index (χ1v) is 10.4. The fraction of sp³-hybridized carbons (Fsp3) is 0.722.